The van der Waals surface area contributed by atoms with Crippen LogP contribution < -0.4 is 31.9 Å². The molecule has 0 radical (unpaired) electrons. The van der Waals surface area contributed by atoms with Crippen molar-refractivity contribution in [2.24, 2.45) is 23.7 Å². The summed E-state index contributed by atoms with van der Waals surface area (Å²) in [4.78, 5) is 56.5. The van der Waals surface area contributed by atoms with Gasteiger partial charge in [-0.3, -0.25) is 19.2 Å². The molecule has 0 spiro atoms. The third-order valence-corrected chi connectivity index (χ3v) is 13.4. The van der Waals surface area contributed by atoms with E-state index in [4.69, 9.17) is 0 Å². The average Bonchev–Trinajstić information content (AvgIpc) is 3.32. The van der Waals surface area contributed by atoms with E-state index in [1.54, 1.807) is 0 Å². The van der Waals surface area contributed by atoms with E-state index in [1.165, 1.54) is 11.1 Å². The first-order chi connectivity index (χ1) is 31.0. The van der Waals surface area contributed by atoms with Gasteiger partial charge in [0.1, 0.15) is 12.1 Å². The summed E-state index contributed by atoms with van der Waals surface area (Å²) in [5, 5.41) is 31.4. The van der Waals surface area contributed by atoms with Crippen molar-refractivity contribution in [3.05, 3.63) is 131 Å². The van der Waals surface area contributed by atoms with Crippen LogP contribution in [0.3, 0.4) is 0 Å². The van der Waals surface area contributed by atoms with Crippen LogP contribution in [0.15, 0.2) is 109 Å². The van der Waals surface area contributed by atoms with Gasteiger partial charge in [0.2, 0.25) is 23.6 Å². The van der Waals surface area contributed by atoms with Gasteiger partial charge in [-0.2, -0.15) is 0 Å². The van der Waals surface area contributed by atoms with Crippen LogP contribution >= 0.6 is 0 Å². The maximum atomic E-state index is 14.4. The molecular formula is C53H70N6O5. The zero-order chi connectivity index (χ0) is 45.4. The van der Waals surface area contributed by atoms with Gasteiger partial charge >= 0.3 is 0 Å². The van der Waals surface area contributed by atoms with Crippen molar-refractivity contribution >= 4 is 35.0 Å². The van der Waals surface area contributed by atoms with Crippen LogP contribution in [0.1, 0.15) is 88.5 Å². The zero-order valence-electron chi connectivity index (χ0n) is 38.2. The Morgan fingerprint density at radius 2 is 0.938 bits per heavy atom. The van der Waals surface area contributed by atoms with Gasteiger partial charge in [0, 0.05) is 48.4 Å². The van der Waals surface area contributed by atoms with E-state index in [0.29, 0.717) is 38.8 Å². The van der Waals surface area contributed by atoms with E-state index in [0.717, 1.165) is 48.2 Å². The van der Waals surface area contributed by atoms with Gasteiger partial charge in [0.15, 0.2) is 0 Å². The summed E-state index contributed by atoms with van der Waals surface area (Å²) in [5.74, 6) is -2.76. The van der Waals surface area contributed by atoms with Gasteiger partial charge in [-0.05, 0) is 97.6 Å². The van der Waals surface area contributed by atoms with E-state index in [9.17, 15) is 24.3 Å². The molecule has 4 aromatic carbocycles. The van der Waals surface area contributed by atoms with Crippen molar-refractivity contribution in [3.8, 4) is 0 Å². The molecule has 4 aromatic rings. The number of hydrogen-bond donors (Lipinski definition) is 7. The number of aryl methyl sites for hydroxylation is 2. The van der Waals surface area contributed by atoms with Gasteiger partial charge in [0.25, 0.3) is 0 Å². The molecule has 0 saturated carbocycles. The highest BCUT2D eigenvalue weighted by atomic mass is 16.3. The highest BCUT2D eigenvalue weighted by molar-refractivity contribution is 5.90. The fourth-order valence-corrected chi connectivity index (χ4v) is 9.04. The molecule has 3 unspecified atom stereocenters. The molecular weight excluding hydrogens is 801 g/mol. The first-order valence-corrected chi connectivity index (χ1v) is 23.6. The number of amides is 4. The predicted octanol–water partition coefficient (Wildman–Crippen LogP) is 6.99. The number of nitrogens with one attached hydrogen (secondary N) is 6. The number of carbonyl (C=O) groups is 4. The Morgan fingerprint density at radius 3 is 1.33 bits per heavy atom. The normalized spacial score (nSPS) is 18.7. The van der Waals surface area contributed by atoms with Crippen molar-refractivity contribution in [1.29, 1.82) is 0 Å². The monoisotopic (exact) mass is 871 g/mol. The van der Waals surface area contributed by atoms with Crippen LogP contribution in [-0.4, -0.2) is 72.1 Å². The van der Waals surface area contributed by atoms with Crippen LogP contribution in [0, 0.1) is 23.7 Å². The molecule has 11 nitrogen and oxygen atoms in total. The molecule has 9 atom stereocenters. The molecule has 11 heteroatoms. The molecule has 0 saturated heterocycles. The minimum absolute atomic E-state index is 0.0709. The SMILES string of the molecule is CC[C@H](C)[C@H](NC(=O)[C@H](Cc1ccccc1)CC(O)C[C@H](Cc1ccccc1)C(=O)N[C@@H](C(=O)NCC1CCc2ccccc2N1)[C@@H](C)CC)C(=O)NCC1CCc2ccccc2N1. The number of anilines is 2. The lowest BCUT2D eigenvalue weighted by Gasteiger charge is -2.31. The number of rotatable bonds is 22. The summed E-state index contributed by atoms with van der Waals surface area (Å²) in [6.45, 7) is 8.79. The van der Waals surface area contributed by atoms with E-state index in [1.807, 2.05) is 113 Å². The molecule has 4 amide bonds. The van der Waals surface area contributed by atoms with Crippen molar-refractivity contribution in [2.45, 2.75) is 122 Å². The lowest BCUT2D eigenvalue weighted by Crippen LogP contribution is -2.54. The standard InChI is InChI=1S/C53H70N6O5/c1-5-35(3)48(52(63)54-33-43-27-25-39-21-13-15-23-46(39)56-43)58-50(61)41(29-37-17-9-7-10-18-37)31-45(60)32-42(30-38-19-11-8-12-20-38)51(62)59-49(36(4)6-2)53(64)55-34-44-28-26-40-22-14-16-24-47(40)57-44/h7-24,35-36,41-45,48-49,56-57,60H,5-6,25-34H2,1-4H3,(H,54,63)(H,55,64)(H,58,61)(H,59,62)/t35-,36-,41-,42+,43?,44?,45?,48+,49-/m0/s1. The van der Waals surface area contributed by atoms with E-state index in [-0.39, 0.29) is 60.4 Å². The first-order valence-electron chi connectivity index (χ1n) is 23.6. The minimum atomic E-state index is -1.04. The van der Waals surface area contributed by atoms with Gasteiger partial charge in [-0.1, -0.05) is 138 Å². The number of para-hydroxylation sites is 2. The van der Waals surface area contributed by atoms with Gasteiger partial charge in [-0.25, -0.2) is 0 Å². The lowest BCUT2D eigenvalue weighted by molar-refractivity contribution is -0.134. The molecule has 0 aromatic heterocycles. The maximum absolute atomic E-state index is 14.4. The minimum Gasteiger partial charge on any atom is -0.393 e. The summed E-state index contributed by atoms with van der Waals surface area (Å²) in [6.07, 6.45) is 4.78. The van der Waals surface area contributed by atoms with Crippen molar-refractivity contribution in [2.75, 3.05) is 23.7 Å². The smallest absolute Gasteiger partial charge is 0.242 e. The molecule has 2 aliphatic rings. The third kappa shape index (κ3) is 13.7. The number of aliphatic hydroxyl groups is 1. The van der Waals surface area contributed by atoms with Crippen LogP contribution in [0.5, 0.6) is 0 Å². The second-order valence-electron chi connectivity index (χ2n) is 18.2. The Labute approximate surface area is 380 Å². The van der Waals surface area contributed by atoms with Gasteiger partial charge in [0.05, 0.1) is 6.10 Å². The second-order valence-corrected chi connectivity index (χ2v) is 18.2. The Hall–Kier alpha value is -5.68. The fraction of sp³-hybridized carbons (Fsp3) is 0.472. The van der Waals surface area contributed by atoms with Crippen molar-refractivity contribution in [1.82, 2.24) is 21.3 Å². The van der Waals surface area contributed by atoms with Crippen LogP contribution in [0.4, 0.5) is 11.4 Å². The summed E-state index contributed by atoms with van der Waals surface area (Å²) >= 11 is 0. The zero-order valence-corrected chi connectivity index (χ0v) is 38.2. The summed E-state index contributed by atoms with van der Waals surface area (Å²) in [5.41, 5.74) is 6.55. The topological polar surface area (TPSA) is 161 Å². The highest BCUT2D eigenvalue weighted by Gasteiger charge is 2.34. The number of fused-ring (bicyclic) bond motifs is 2. The van der Waals surface area contributed by atoms with E-state index < -0.39 is 30.0 Å². The number of hydrogen-bond acceptors (Lipinski definition) is 7. The van der Waals surface area contributed by atoms with Crippen molar-refractivity contribution < 1.29 is 24.3 Å². The van der Waals surface area contributed by atoms with Crippen molar-refractivity contribution in [3.63, 3.8) is 0 Å². The average molecular weight is 871 g/mol. The largest absolute Gasteiger partial charge is 0.393 e. The van der Waals surface area contributed by atoms with Crippen LogP contribution in [-0.2, 0) is 44.9 Å². The quantitative estimate of drug-likeness (QED) is 0.0448. The molecule has 0 bridgehead atoms. The molecule has 0 aliphatic carbocycles. The van der Waals surface area contributed by atoms with E-state index >= 15 is 0 Å². The number of carbonyl (C=O) groups excluding carboxylic acids is 4. The highest BCUT2D eigenvalue weighted by Crippen LogP contribution is 2.27. The van der Waals surface area contributed by atoms with E-state index in [2.05, 4.69) is 56.2 Å². The summed E-state index contributed by atoms with van der Waals surface area (Å²) in [7, 11) is 0. The first kappa shape index (κ1) is 47.8. The van der Waals surface area contributed by atoms with Crippen LogP contribution in [0.25, 0.3) is 0 Å². The molecule has 2 aliphatic heterocycles. The van der Waals surface area contributed by atoms with Crippen LogP contribution in [0.2, 0.25) is 0 Å². The Morgan fingerprint density at radius 1 is 0.562 bits per heavy atom. The molecule has 64 heavy (non-hydrogen) atoms. The van der Waals surface area contributed by atoms with Gasteiger partial charge < -0.3 is 37.0 Å². The lowest BCUT2D eigenvalue weighted by atomic mass is 9.86. The molecule has 342 valence electrons. The Bertz CT molecular complexity index is 1970. The summed E-state index contributed by atoms with van der Waals surface area (Å²) in [6, 6.07) is 34.4. The fourth-order valence-electron chi connectivity index (χ4n) is 9.04. The molecule has 6 rings (SSSR count). The third-order valence-electron chi connectivity index (χ3n) is 13.4. The Balaban J connectivity index is 1.13. The maximum Gasteiger partial charge on any atom is 0.242 e. The molecule has 7 N–H and O–H groups in total. The second kappa shape index (κ2) is 23.8. The molecule has 0 fully saturated rings. The summed E-state index contributed by atoms with van der Waals surface area (Å²) < 4.78 is 0. The Kier molecular flexibility index (Phi) is 17.8. The number of aliphatic hydroxyl groups excluding tert-OH is 1. The van der Waals surface area contributed by atoms with Gasteiger partial charge in [-0.15, -0.1) is 0 Å². The number of benzene rings is 4. The predicted molar refractivity (Wildman–Crippen MR) is 256 cm³/mol. The molecule has 2 heterocycles.